The fourth-order valence-corrected chi connectivity index (χ4v) is 1.83. The highest BCUT2D eigenvalue weighted by Gasteiger charge is 2.14. The van der Waals surface area contributed by atoms with Gasteiger partial charge in [0.1, 0.15) is 0 Å². The monoisotopic (exact) mass is 242 g/mol. The van der Waals surface area contributed by atoms with E-state index in [0.717, 1.165) is 25.8 Å². The molecule has 0 aliphatic carbocycles. The lowest BCUT2D eigenvalue weighted by Gasteiger charge is -2.19. The van der Waals surface area contributed by atoms with E-state index in [-0.39, 0.29) is 11.9 Å². The Morgan fingerprint density at radius 2 is 1.71 bits per heavy atom. The van der Waals surface area contributed by atoms with E-state index in [2.05, 4.69) is 31.4 Å². The molecule has 0 aromatic heterocycles. The van der Waals surface area contributed by atoms with Crippen LogP contribution in [0.25, 0.3) is 0 Å². The Hall–Kier alpha value is -0.570. The third-order valence-corrected chi connectivity index (χ3v) is 3.00. The first-order valence-corrected chi connectivity index (χ1v) is 7.15. The van der Waals surface area contributed by atoms with Crippen molar-refractivity contribution in [2.45, 2.75) is 78.3 Å². The van der Waals surface area contributed by atoms with Gasteiger partial charge in [0.25, 0.3) is 0 Å². The third-order valence-electron chi connectivity index (χ3n) is 3.00. The van der Waals surface area contributed by atoms with E-state index in [4.69, 9.17) is 0 Å². The molecule has 0 fully saturated rings. The van der Waals surface area contributed by atoms with E-state index in [0.29, 0.717) is 6.04 Å². The zero-order chi connectivity index (χ0) is 13.1. The van der Waals surface area contributed by atoms with Gasteiger partial charge in [-0.15, -0.1) is 0 Å². The van der Waals surface area contributed by atoms with E-state index >= 15 is 0 Å². The first-order chi connectivity index (χ1) is 8.11. The van der Waals surface area contributed by atoms with Crippen molar-refractivity contribution in [1.82, 2.24) is 10.6 Å². The van der Waals surface area contributed by atoms with Crippen LogP contribution in [0, 0.1) is 0 Å². The molecule has 3 heteroatoms. The van der Waals surface area contributed by atoms with Crippen LogP contribution in [-0.2, 0) is 4.79 Å². The van der Waals surface area contributed by atoms with Crippen LogP contribution in [0.5, 0.6) is 0 Å². The molecule has 0 spiro atoms. The summed E-state index contributed by atoms with van der Waals surface area (Å²) in [5.41, 5.74) is 0. The number of hydrogen-bond acceptors (Lipinski definition) is 2. The van der Waals surface area contributed by atoms with Gasteiger partial charge >= 0.3 is 0 Å². The Bertz CT molecular complexity index is 195. The van der Waals surface area contributed by atoms with Crippen LogP contribution in [-0.4, -0.2) is 24.5 Å². The van der Waals surface area contributed by atoms with Gasteiger partial charge in [0, 0.05) is 12.6 Å². The molecule has 0 radical (unpaired) electrons. The molecule has 0 heterocycles. The molecule has 0 aliphatic heterocycles. The summed E-state index contributed by atoms with van der Waals surface area (Å²) >= 11 is 0. The van der Waals surface area contributed by atoms with Crippen molar-refractivity contribution in [3.8, 4) is 0 Å². The minimum atomic E-state index is -0.0801. The van der Waals surface area contributed by atoms with Crippen molar-refractivity contribution >= 4 is 5.91 Å². The highest BCUT2D eigenvalue weighted by atomic mass is 16.2. The Morgan fingerprint density at radius 1 is 1.06 bits per heavy atom. The van der Waals surface area contributed by atoms with Gasteiger partial charge in [-0.1, -0.05) is 39.5 Å². The maximum absolute atomic E-state index is 11.7. The van der Waals surface area contributed by atoms with Crippen molar-refractivity contribution in [3.05, 3.63) is 0 Å². The standard InChI is InChI=1S/C14H30N2O/c1-5-7-9-10-12(3)16-13(4)14(17)15-11-8-6-2/h12-13,16H,5-11H2,1-4H3,(H,15,17). The molecule has 0 rings (SSSR count). The lowest BCUT2D eigenvalue weighted by molar-refractivity contribution is -0.122. The topological polar surface area (TPSA) is 41.1 Å². The molecule has 17 heavy (non-hydrogen) atoms. The Balaban J connectivity index is 3.66. The Kier molecular flexibility index (Phi) is 10.2. The predicted molar refractivity (Wildman–Crippen MR) is 74.1 cm³/mol. The fraction of sp³-hybridized carbons (Fsp3) is 0.929. The second kappa shape index (κ2) is 10.6. The maximum atomic E-state index is 11.7. The lowest BCUT2D eigenvalue weighted by atomic mass is 10.1. The quantitative estimate of drug-likeness (QED) is 0.578. The molecule has 2 unspecified atom stereocenters. The second-order valence-corrected chi connectivity index (χ2v) is 4.93. The maximum Gasteiger partial charge on any atom is 0.236 e. The number of unbranched alkanes of at least 4 members (excludes halogenated alkanes) is 3. The molecular formula is C14H30N2O. The normalized spacial score (nSPS) is 14.4. The van der Waals surface area contributed by atoms with Crippen molar-refractivity contribution < 1.29 is 4.79 Å². The van der Waals surface area contributed by atoms with Crippen LogP contribution in [0.3, 0.4) is 0 Å². The molecule has 102 valence electrons. The summed E-state index contributed by atoms with van der Waals surface area (Å²) in [6, 6.07) is 0.344. The van der Waals surface area contributed by atoms with Gasteiger partial charge in [-0.25, -0.2) is 0 Å². The summed E-state index contributed by atoms with van der Waals surface area (Å²) in [6.45, 7) is 9.24. The van der Waals surface area contributed by atoms with Gasteiger partial charge in [0.05, 0.1) is 6.04 Å². The van der Waals surface area contributed by atoms with Crippen LogP contribution in [0.2, 0.25) is 0 Å². The highest BCUT2D eigenvalue weighted by Crippen LogP contribution is 2.03. The summed E-state index contributed by atoms with van der Waals surface area (Å²) in [4.78, 5) is 11.7. The van der Waals surface area contributed by atoms with Crippen LogP contribution in [0.15, 0.2) is 0 Å². The fourth-order valence-electron chi connectivity index (χ4n) is 1.83. The first kappa shape index (κ1) is 16.4. The van der Waals surface area contributed by atoms with Crippen LogP contribution in [0.4, 0.5) is 0 Å². The molecule has 0 saturated heterocycles. The number of hydrogen-bond donors (Lipinski definition) is 2. The van der Waals surface area contributed by atoms with Crippen LogP contribution >= 0.6 is 0 Å². The third kappa shape index (κ3) is 9.16. The predicted octanol–water partition coefficient (Wildman–Crippen LogP) is 2.85. The van der Waals surface area contributed by atoms with E-state index in [1.165, 1.54) is 19.3 Å². The van der Waals surface area contributed by atoms with E-state index in [9.17, 15) is 4.79 Å². The molecule has 1 amide bonds. The summed E-state index contributed by atoms with van der Waals surface area (Å²) in [5.74, 6) is 0.126. The Labute approximate surface area is 107 Å². The van der Waals surface area contributed by atoms with E-state index < -0.39 is 0 Å². The first-order valence-electron chi connectivity index (χ1n) is 7.15. The summed E-state index contributed by atoms with van der Waals surface area (Å²) in [6.07, 6.45) is 7.11. The largest absolute Gasteiger partial charge is 0.355 e. The number of amides is 1. The van der Waals surface area contributed by atoms with E-state index in [1.54, 1.807) is 0 Å². The average Bonchev–Trinajstić information content (AvgIpc) is 2.29. The number of nitrogens with one attached hydrogen (secondary N) is 2. The van der Waals surface area contributed by atoms with Gasteiger partial charge in [0.2, 0.25) is 5.91 Å². The minimum absolute atomic E-state index is 0.0801. The second-order valence-electron chi connectivity index (χ2n) is 4.93. The average molecular weight is 242 g/mol. The molecule has 2 atom stereocenters. The minimum Gasteiger partial charge on any atom is -0.355 e. The molecule has 3 nitrogen and oxygen atoms in total. The summed E-state index contributed by atoms with van der Waals surface area (Å²) in [5, 5.41) is 6.31. The van der Waals surface area contributed by atoms with E-state index in [1.807, 2.05) is 6.92 Å². The van der Waals surface area contributed by atoms with Crippen molar-refractivity contribution in [1.29, 1.82) is 0 Å². The zero-order valence-electron chi connectivity index (χ0n) is 12.0. The molecule has 0 saturated carbocycles. The van der Waals surface area contributed by atoms with Gasteiger partial charge in [-0.2, -0.15) is 0 Å². The van der Waals surface area contributed by atoms with Crippen molar-refractivity contribution in [3.63, 3.8) is 0 Å². The Morgan fingerprint density at radius 3 is 2.29 bits per heavy atom. The molecule has 0 aliphatic rings. The number of rotatable bonds is 10. The van der Waals surface area contributed by atoms with Crippen molar-refractivity contribution in [2.75, 3.05) is 6.54 Å². The SMILES string of the molecule is CCCCCC(C)NC(C)C(=O)NCCCC. The molecule has 0 aromatic rings. The highest BCUT2D eigenvalue weighted by molar-refractivity contribution is 5.81. The summed E-state index contributed by atoms with van der Waals surface area (Å²) in [7, 11) is 0. The van der Waals surface area contributed by atoms with Gasteiger partial charge in [-0.3, -0.25) is 4.79 Å². The van der Waals surface area contributed by atoms with Crippen LogP contribution < -0.4 is 10.6 Å². The number of carbonyl (C=O) groups is 1. The summed E-state index contributed by atoms with van der Waals surface area (Å²) < 4.78 is 0. The lowest BCUT2D eigenvalue weighted by Crippen LogP contribution is -2.45. The molecule has 2 N–H and O–H groups in total. The van der Waals surface area contributed by atoms with Gasteiger partial charge < -0.3 is 10.6 Å². The van der Waals surface area contributed by atoms with Gasteiger partial charge in [-0.05, 0) is 26.7 Å². The van der Waals surface area contributed by atoms with Crippen LogP contribution in [0.1, 0.15) is 66.2 Å². The molecule has 0 bridgehead atoms. The van der Waals surface area contributed by atoms with Crippen molar-refractivity contribution in [2.24, 2.45) is 0 Å². The smallest absolute Gasteiger partial charge is 0.236 e. The molecule has 0 aromatic carbocycles. The zero-order valence-corrected chi connectivity index (χ0v) is 12.0. The molecular weight excluding hydrogens is 212 g/mol. The number of carbonyl (C=O) groups excluding carboxylic acids is 1. The van der Waals surface area contributed by atoms with Gasteiger partial charge in [0.15, 0.2) is 0 Å².